The van der Waals surface area contributed by atoms with Crippen LogP contribution in [0.1, 0.15) is 15.9 Å². The van der Waals surface area contributed by atoms with Crippen LogP contribution in [-0.4, -0.2) is 23.0 Å². The van der Waals surface area contributed by atoms with Crippen LogP contribution in [0, 0.1) is 0 Å². The maximum Gasteiger partial charge on any atom is 0.251 e. The average Bonchev–Trinajstić information content (AvgIpc) is 2.91. The normalized spacial score (nSPS) is 10.7. The van der Waals surface area contributed by atoms with Gasteiger partial charge in [-0.25, -0.2) is 9.97 Å². The number of fused-ring (bicyclic) bond motifs is 1. The number of amides is 1. The van der Waals surface area contributed by atoms with Gasteiger partial charge in [0.15, 0.2) is 0 Å². The lowest BCUT2D eigenvalue weighted by molar-refractivity contribution is 0.0951. The first kappa shape index (κ1) is 21.3. The minimum absolute atomic E-state index is 0.167. The molecule has 0 unspecified atom stereocenters. The van der Waals surface area contributed by atoms with Crippen molar-refractivity contribution in [1.82, 2.24) is 15.3 Å². The number of ether oxygens (including phenoxy) is 1. The lowest BCUT2D eigenvalue weighted by Gasteiger charge is -2.12. The number of benzene rings is 4. The van der Waals surface area contributed by atoms with Crippen LogP contribution in [-0.2, 0) is 6.54 Å². The van der Waals surface area contributed by atoms with Crippen LogP contribution in [0.3, 0.4) is 0 Å². The highest BCUT2D eigenvalue weighted by molar-refractivity contribution is 5.98. The molecule has 0 spiro atoms. The Morgan fingerprint density at radius 2 is 1.38 bits per heavy atom. The van der Waals surface area contributed by atoms with Crippen molar-refractivity contribution in [3.63, 3.8) is 0 Å². The van der Waals surface area contributed by atoms with Crippen molar-refractivity contribution < 1.29 is 9.53 Å². The van der Waals surface area contributed by atoms with E-state index in [9.17, 15) is 4.79 Å². The van der Waals surface area contributed by atoms with Gasteiger partial charge >= 0.3 is 0 Å². The Bertz CT molecular complexity index is 1450. The molecule has 0 bridgehead atoms. The van der Waals surface area contributed by atoms with Crippen molar-refractivity contribution in [1.29, 1.82) is 0 Å². The molecular formula is C29H23N3O2. The van der Waals surface area contributed by atoms with E-state index in [1.165, 1.54) is 0 Å². The summed E-state index contributed by atoms with van der Waals surface area (Å²) in [5.41, 5.74) is 6.49. The summed E-state index contributed by atoms with van der Waals surface area (Å²) < 4.78 is 5.26. The number of carbonyl (C=O) groups excluding carboxylic acids is 1. The summed E-state index contributed by atoms with van der Waals surface area (Å²) in [6.45, 7) is 0.405. The number of carbonyl (C=O) groups is 1. The third-order valence-corrected chi connectivity index (χ3v) is 5.61. The molecule has 0 fully saturated rings. The Balaban J connectivity index is 1.49. The van der Waals surface area contributed by atoms with E-state index >= 15 is 0 Å². The molecule has 0 radical (unpaired) electrons. The number of nitrogens with one attached hydrogen (secondary N) is 1. The first-order chi connectivity index (χ1) is 16.7. The number of hydrogen-bond donors (Lipinski definition) is 1. The summed E-state index contributed by atoms with van der Waals surface area (Å²) in [7, 11) is 1.63. The lowest BCUT2D eigenvalue weighted by Crippen LogP contribution is -2.22. The largest absolute Gasteiger partial charge is 0.497 e. The summed E-state index contributed by atoms with van der Waals surface area (Å²) in [5, 5.41) is 2.97. The summed E-state index contributed by atoms with van der Waals surface area (Å²) >= 11 is 0. The van der Waals surface area contributed by atoms with Crippen molar-refractivity contribution in [3.05, 3.63) is 114 Å². The van der Waals surface area contributed by atoms with Gasteiger partial charge in [-0.05, 0) is 35.9 Å². The average molecular weight is 446 g/mol. The van der Waals surface area contributed by atoms with E-state index in [-0.39, 0.29) is 5.91 Å². The molecule has 5 aromatic rings. The van der Waals surface area contributed by atoms with Crippen molar-refractivity contribution in [3.8, 4) is 28.3 Å². The second-order valence-corrected chi connectivity index (χ2v) is 7.89. The van der Waals surface area contributed by atoms with E-state index in [0.717, 1.165) is 39.3 Å². The van der Waals surface area contributed by atoms with Gasteiger partial charge in [0.2, 0.25) is 0 Å². The third-order valence-electron chi connectivity index (χ3n) is 5.61. The summed E-state index contributed by atoms with van der Waals surface area (Å²) in [6, 6.07) is 33.1. The molecule has 5 rings (SSSR count). The van der Waals surface area contributed by atoms with Crippen molar-refractivity contribution >= 4 is 16.9 Å². The van der Waals surface area contributed by atoms with Gasteiger partial charge in [-0.1, -0.05) is 72.8 Å². The highest BCUT2D eigenvalue weighted by atomic mass is 16.5. The van der Waals surface area contributed by atoms with E-state index < -0.39 is 0 Å². The van der Waals surface area contributed by atoms with Gasteiger partial charge in [0.1, 0.15) is 5.75 Å². The molecule has 1 amide bonds. The summed E-state index contributed by atoms with van der Waals surface area (Å²) in [4.78, 5) is 22.7. The zero-order chi connectivity index (χ0) is 23.3. The standard InChI is InChI=1S/C29H23N3O2/c1-34-24-14-8-9-20(17-24)19-30-29(33)23-15-16-25-26(18-23)32-28(22-12-6-3-7-13-22)27(31-25)21-10-4-2-5-11-21/h2-18H,19H2,1H3,(H,30,33). The highest BCUT2D eigenvalue weighted by Gasteiger charge is 2.14. The minimum Gasteiger partial charge on any atom is -0.497 e. The molecule has 1 N–H and O–H groups in total. The van der Waals surface area contributed by atoms with Gasteiger partial charge in [-0.15, -0.1) is 0 Å². The molecule has 34 heavy (non-hydrogen) atoms. The molecule has 0 atom stereocenters. The molecule has 0 saturated carbocycles. The molecule has 0 aliphatic carbocycles. The topological polar surface area (TPSA) is 64.1 Å². The second kappa shape index (κ2) is 9.55. The quantitative estimate of drug-likeness (QED) is 0.353. The first-order valence-corrected chi connectivity index (χ1v) is 11.0. The molecule has 166 valence electrons. The van der Waals surface area contributed by atoms with E-state index in [2.05, 4.69) is 5.32 Å². The van der Waals surface area contributed by atoms with Gasteiger partial charge in [0, 0.05) is 23.2 Å². The number of methoxy groups -OCH3 is 1. The smallest absolute Gasteiger partial charge is 0.251 e. The molecule has 0 aliphatic rings. The zero-order valence-electron chi connectivity index (χ0n) is 18.7. The molecule has 1 aromatic heterocycles. The van der Waals surface area contributed by atoms with Crippen LogP contribution in [0.15, 0.2) is 103 Å². The van der Waals surface area contributed by atoms with Gasteiger partial charge in [0.05, 0.1) is 29.5 Å². The Labute approximate surface area is 198 Å². The van der Waals surface area contributed by atoms with Crippen LogP contribution in [0.25, 0.3) is 33.5 Å². The molecule has 5 nitrogen and oxygen atoms in total. The second-order valence-electron chi connectivity index (χ2n) is 7.89. The molecule has 5 heteroatoms. The van der Waals surface area contributed by atoms with E-state index in [1.807, 2.05) is 91.0 Å². The maximum atomic E-state index is 12.9. The Morgan fingerprint density at radius 1 is 0.735 bits per heavy atom. The molecule has 0 saturated heterocycles. The fraction of sp³-hybridized carbons (Fsp3) is 0.0690. The van der Waals surface area contributed by atoms with Crippen LogP contribution < -0.4 is 10.1 Å². The van der Waals surface area contributed by atoms with Crippen LogP contribution >= 0.6 is 0 Å². The van der Waals surface area contributed by atoms with Gasteiger partial charge in [-0.3, -0.25) is 4.79 Å². The van der Waals surface area contributed by atoms with Crippen LogP contribution in [0.4, 0.5) is 0 Å². The van der Waals surface area contributed by atoms with Crippen molar-refractivity contribution in [2.45, 2.75) is 6.54 Å². The number of aromatic nitrogens is 2. The molecule has 0 aliphatic heterocycles. The van der Waals surface area contributed by atoms with E-state index in [0.29, 0.717) is 17.6 Å². The predicted molar refractivity (Wildman–Crippen MR) is 135 cm³/mol. The fourth-order valence-corrected chi connectivity index (χ4v) is 3.86. The summed E-state index contributed by atoms with van der Waals surface area (Å²) in [6.07, 6.45) is 0. The predicted octanol–water partition coefficient (Wildman–Crippen LogP) is 5.90. The first-order valence-electron chi connectivity index (χ1n) is 11.0. The van der Waals surface area contributed by atoms with Gasteiger partial charge in [-0.2, -0.15) is 0 Å². The van der Waals surface area contributed by atoms with Crippen molar-refractivity contribution in [2.24, 2.45) is 0 Å². The Hall–Kier alpha value is -4.51. The molecule has 1 heterocycles. The van der Waals surface area contributed by atoms with E-state index in [1.54, 1.807) is 19.2 Å². The number of nitrogens with zero attached hydrogens (tertiary/aromatic N) is 2. The maximum absolute atomic E-state index is 12.9. The van der Waals surface area contributed by atoms with Crippen molar-refractivity contribution in [2.75, 3.05) is 7.11 Å². The third kappa shape index (κ3) is 4.50. The lowest BCUT2D eigenvalue weighted by atomic mass is 10.0. The SMILES string of the molecule is COc1cccc(CNC(=O)c2ccc3nc(-c4ccccc4)c(-c4ccccc4)nc3c2)c1. The molecular weight excluding hydrogens is 422 g/mol. The van der Waals surface area contributed by atoms with Gasteiger partial charge < -0.3 is 10.1 Å². The Morgan fingerprint density at radius 3 is 2.03 bits per heavy atom. The van der Waals surface area contributed by atoms with Crippen LogP contribution in [0.2, 0.25) is 0 Å². The zero-order valence-corrected chi connectivity index (χ0v) is 18.7. The van der Waals surface area contributed by atoms with E-state index in [4.69, 9.17) is 14.7 Å². The number of hydrogen-bond acceptors (Lipinski definition) is 4. The monoisotopic (exact) mass is 445 g/mol. The Kier molecular flexibility index (Phi) is 5.99. The number of rotatable bonds is 6. The van der Waals surface area contributed by atoms with Gasteiger partial charge in [0.25, 0.3) is 5.91 Å². The summed E-state index contributed by atoms with van der Waals surface area (Å²) in [5.74, 6) is 0.593. The van der Waals surface area contributed by atoms with Crippen LogP contribution in [0.5, 0.6) is 5.75 Å². The fourth-order valence-electron chi connectivity index (χ4n) is 3.86. The molecule has 4 aromatic carbocycles. The highest BCUT2D eigenvalue weighted by Crippen LogP contribution is 2.31. The minimum atomic E-state index is -0.167.